The maximum absolute atomic E-state index is 12.0. The van der Waals surface area contributed by atoms with E-state index in [1.54, 1.807) is 30.5 Å². The number of nitriles is 1. The maximum atomic E-state index is 12.0. The van der Waals surface area contributed by atoms with Crippen molar-refractivity contribution in [3.8, 4) is 11.9 Å². The lowest BCUT2D eigenvalue weighted by Gasteiger charge is -2.07. The van der Waals surface area contributed by atoms with Crippen molar-refractivity contribution < 1.29 is 8.95 Å². The fourth-order valence-corrected chi connectivity index (χ4v) is 2.24. The van der Waals surface area contributed by atoms with Gasteiger partial charge in [-0.05, 0) is 12.1 Å². The molecule has 1 N–H and O–H groups in total. The average molecular weight is 211 g/mol. The van der Waals surface area contributed by atoms with Crippen LogP contribution in [0.4, 0.5) is 0 Å². The molecule has 0 amide bonds. The Balaban J connectivity index is 3.19. The highest BCUT2D eigenvalue weighted by Gasteiger charge is 2.28. The van der Waals surface area contributed by atoms with Gasteiger partial charge < -0.3 is 4.74 Å². The fourth-order valence-electron chi connectivity index (χ4n) is 1.08. The first-order chi connectivity index (χ1) is 6.61. The Morgan fingerprint density at radius 1 is 1.50 bits per heavy atom. The smallest absolute Gasteiger partial charge is 0.224 e. The van der Waals surface area contributed by atoms with Gasteiger partial charge in [0.05, 0.1) is 7.11 Å². The summed E-state index contributed by atoms with van der Waals surface area (Å²) in [5.41, 5.74) is 0. The van der Waals surface area contributed by atoms with Crippen LogP contribution in [0.5, 0.6) is 5.75 Å². The third-order valence-electron chi connectivity index (χ3n) is 1.73. The van der Waals surface area contributed by atoms with E-state index in [0.29, 0.717) is 10.6 Å². The number of ether oxygens (including phenoxy) is 1. The summed E-state index contributed by atoms with van der Waals surface area (Å²) >= 11 is 0. The van der Waals surface area contributed by atoms with E-state index >= 15 is 0 Å². The van der Waals surface area contributed by atoms with Gasteiger partial charge >= 0.3 is 0 Å². The molecule has 0 heterocycles. The molecule has 0 spiro atoms. The van der Waals surface area contributed by atoms with E-state index < -0.39 is 10.1 Å². The van der Waals surface area contributed by atoms with E-state index in [-0.39, 0.29) is 0 Å². The summed E-state index contributed by atoms with van der Waals surface area (Å²) in [7, 11) is -1.04. The van der Waals surface area contributed by atoms with E-state index in [4.69, 9.17) is 10.00 Å². The zero-order valence-corrected chi connectivity index (χ0v) is 8.80. The minimum absolute atomic E-state index is 0.504. The van der Waals surface area contributed by atoms with Gasteiger partial charge in [-0.1, -0.05) is 16.3 Å². The van der Waals surface area contributed by atoms with Gasteiger partial charge in [0.2, 0.25) is 21.2 Å². The molecular formula is C9H11N2O2S+. The number of para-hydroxylation sites is 1. The lowest BCUT2D eigenvalue weighted by molar-refractivity contribution is 0.403. The Morgan fingerprint density at radius 3 is 2.71 bits per heavy atom. The normalized spacial score (nSPS) is 13.8. The first kappa shape index (κ1) is 10.5. The molecule has 1 aromatic rings. The minimum atomic E-state index is -2.54. The minimum Gasteiger partial charge on any atom is -0.491 e. The van der Waals surface area contributed by atoms with Crippen molar-refractivity contribution in [2.75, 3.05) is 13.4 Å². The molecule has 0 aliphatic rings. The highest BCUT2D eigenvalue weighted by Crippen LogP contribution is 2.25. The highest BCUT2D eigenvalue weighted by molar-refractivity contribution is 8.00. The molecule has 0 saturated carbocycles. The lowest BCUT2D eigenvalue weighted by atomic mass is 10.3. The number of hydrogen-bond acceptors (Lipinski definition) is 3. The van der Waals surface area contributed by atoms with Crippen LogP contribution in [-0.4, -0.2) is 13.4 Å². The summed E-state index contributed by atoms with van der Waals surface area (Å²) in [6.07, 6.45) is 3.14. The number of nitrogens with one attached hydrogen (secondary N) is 1. The van der Waals surface area contributed by atoms with Crippen molar-refractivity contribution in [3.05, 3.63) is 24.3 Å². The third kappa shape index (κ3) is 2.03. The van der Waals surface area contributed by atoms with Crippen molar-refractivity contribution in [1.82, 2.24) is 4.72 Å². The van der Waals surface area contributed by atoms with E-state index in [0.717, 1.165) is 0 Å². The van der Waals surface area contributed by atoms with Gasteiger partial charge in [0.15, 0.2) is 5.75 Å². The second-order valence-electron chi connectivity index (χ2n) is 2.71. The summed E-state index contributed by atoms with van der Waals surface area (Å²) in [5.74, 6) is 0.516. The maximum Gasteiger partial charge on any atom is 0.224 e. The van der Waals surface area contributed by atoms with Crippen molar-refractivity contribution >= 4 is 10.1 Å². The van der Waals surface area contributed by atoms with E-state index in [1.807, 2.05) is 0 Å². The average Bonchev–Trinajstić information content (AvgIpc) is 2.18. The van der Waals surface area contributed by atoms with E-state index in [9.17, 15) is 4.21 Å². The Bertz CT molecular complexity index is 412. The second kappa shape index (κ2) is 4.11. The van der Waals surface area contributed by atoms with Gasteiger partial charge in [0.25, 0.3) is 0 Å². The number of methoxy groups -OCH3 is 1. The molecule has 14 heavy (non-hydrogen) atoms. The zero-order chi connectivity index (χ0) is 10.6. The van der Waals surface area contributed by atoms with E-state index in [2.05, 4.69) is 4.72 Å². The van der Waals surface area contributed by atoms with Gasteiger partial charge in [-0.3, -0.25) is 0 Å². The Kier molecular flexibility index (Phi) is 3.10. The summed E-state index contributed by atoms with van der Waals surface area (Å²) in [5, 5.41) is 8.45. The Labute approximate surface area is 84.1 Å². The number of benzene rings is 1. The van der Waals surface area contributed by atoms with Gasteiger partial charge in [-0.25, -0.2) is 0 Å². The van der Waals surface area contributed by atoms with Crippen LogP contribution in [0.3, 0.4) is 0 Å². The molecule has 4 nitrogen and oxygen atoms in total. The van der Waals surface area contributed by atoms with Crippen LogP contribution in [0.25, 0.3) is 0 Å². The monoisotopic (exact) mass is 211 g/mol. The quantitative estimate of drug-likeness (QED) is 0.464. The summed E-state index contributed by atoms with van der Waals surface area (Å²) in [4.78, 5) is 0.504. The zero-order valence-electron chi connectivity index (χ0n) is 7.98. The summed E-state index contributed by atoms with van der Waals surface area (Å²) in [6, 6.07) is 6.91. The van der Waals surface area contributed by atoms with Gasteiger partial charge in [-0.15, -0.1) is 4.72 Å². The van der Waals surface area contributed by atoms with Gasteiger partial charge in [-0.2, -0.15) is 5.26 Å². The van der Waals surface area contributed by atoms with Crippen molar-refractivity contribution in [1.29, 1.82) is 5.26 Å². The Hall–Kier alpha value is -1.54. The summed E-state index contributed by atoms with van der Waals surface area (Å²) in [6.45, 7) is 0. The second-order valence-corrected chi connectivity index (χ2v) is 5.04. The molecule has 1 aromatic carbocycles. The van der Waals surface area contributed by atoms with Crippen molar-refractivity contribution in [2.45, 2.75) is 4.90 Å². The van der Waals surface area contributed by atoms with E-state index in [1.165, 1.54) is 13.4 Å². The molecule has 0 aliphatic heterocycles. The molecule has 1 atom stereocenters. The van der Waals surface area contributed by atoms with Crippen LogP contribution in [0.15, 0.2) is 29.2 Å². The van der Waals surface area contributed by atoms with Crippen LogP contribution in [0.2, 0.25) is 0 Å². The fraction of sp³-hybridized carbons (Fsp3) is 0.222. The topological polar surface area (TPSA) is 62.1 Å². The molecule has 0 bridgehead atoms. The van der Waals surface area contributed by atoms with Crippen LogP contribution in [-0.2, 0) is 14.3 Å². The molecule has 74 valence electrons. The van der Waals surface area contributed by atoms with Crippen LogP contribution < -0.4 is 9.46 Å². The third-order valence-corrected chi connectivity index (χ3v) is 3.39. The van der Waals surface area contributed by atoms with Gasteiger partial charge in [0.1, 0.15) is 6.26 Å². The number of rotatable bonds is 3. The first-order valence-electron chi connectivity index (χ1n) is 3.90. The molecule has 0 aliphatic carbocycles. The molecule has 0 aromatic heterocycles. The predicted octanol–water partition coefficient (Wildman–Crippen LogP) is 1.17. The largest absolute Gasteiger partial charge is 0.491 e. The van der Waals surface area contributed by atoms with Gasteiger partial charge in [0, 0.05) is 0 Å². The molecule has 0 fully saturated rings. The molecular weight excluding hydrogens is 200 g/mol. The predicted molar refractivity (Wildman–Crippen MR) is 54.0 cm³/mol. The Morgan fingerprint density at radius 2 is 2.14 bits per heavy atom. The van der Waals surface area contributed by atoms with Crippen molar-refractivity contribution in [3.63, 3.8) is 0 Å². The van der Waals surface area contributed by atoms with Crippen LogP contribution >= 0.6 is 0 Å². The van der Waals surface area contributed by atoms with Crippen LogP contribution in [0, 0.1) is 11.5 Å². The van der Waals surface area contributed by atoms with Crippen LogP contribution in [0.1, 0.15) is 0 Å². The molecule has 1 rings (SSSR count). The molecule has 5 heteroatoms. The number of nitrogens with zero attached hydrogens (tertiary/aromatic N) is 1. The standard InChI is InChI=1S/C9H11N2O2S/c1-13-8-5-3-4-6-9(8)14(2,12)11-7-10/h3-6H,1-2H3,(H,11,12)/q+1. The first-order valence-corrected chi connectivity index (χ1v) is 5.86. The SMILES string of the molecule is COc1ccccc1[S+](C)(=O)NC#N. The highest BCUT2D eigenvalue weighted by atomic mass is 32.3. The number of hydrogen-bond donors (Lipinski definition) is 1. The molecule has 0 saturated heterocycles. The molecule has 0 radical (unpaired) electrons. The molecule has 1 unspecified atom stereocenters. The summed E-state index contributed by atoms with van der Waals surface area (Å²) < 4.78 is 19.3. The lowest BCUT2D eigenvalue weighted by Crippen LogP contribution is -2.25. The van der Waals surface area contributed by atoms with Crippen molar-refractivity contribution in [2.24, 2.45) is 0 Å².